The molecule has 1 rings (SSSR count). The van der Waals surface area contributed by atoms with E-state index in [2.05, 4.69) is 10.6 Å². The predicted molar refractivity (Wildman–Crippen MR) is 64.6 cm³/mol. The van der Waals surface area contributed by atoms with Crippen LogP contribution in [-0.2, 0) is 9.59 Å². The molecule has 0 spiro atoms. The minimum absolute atomic E-state index is 0.0434. The summed E-state index contributed by atoms with van der Waals surface area (Å²) in [4.78, 5) is 22.8. The highest BCUT2D eigenvalue weighted by Gasteiger charge is 2.26. The molecule has 0 aliphatic carbocycles. The molecule has 0 saturated carbocycles. The molecule has 2 unspecified atom stereocenters. The Morgan fingerprint density at radius 1 is 1.53 bits per heavy atom. The van der Waals surface area contributed by atoms with Gasteiger partial charge < -0.3 is 15.7 Å². The van der Waals surface area contributed by atoms with E-state index >= 15 is 0 Å². The highest BCUT2D eigenvalue weighted by atomic mass is 16.4. The number of carbonyl (C=O) groups excluding carboxylic acids is 1. The molecule has 1 saturated heterocycles. The lowest BCUT2D eigenvalue weighted by Crippen LogP contribution is -2.45. The Morgan fingerprint density at radius 2 is 2.24 bits per heavy atom. The lowest BCUT2D eigenvalue weighted by molar-refractivity contribution is -0.143. The SMILES string of the molecule is CCC(C)[C@H](NC(=O)CC1CCNC1)C(=O)O. The number of carbonyl (C=O) groups is 2. The maximum Gasteiger partial charge on any atom is 0.326 e. The first-order valence-electron chi connectivity index (χ1n) is 6.27. The third-order valence-corrected chi connectivity index (χ3v) is 3.43. The van der Waals surface area contributed by atoms with Crippen LogP contribution < -0.4 is 10.6 Å². The second-order valence-corrected chi connectivity index (χ2v) is 4.83. The van der Waals surface area contributed by atoms with Crippen molar-refractivity contribution in [3.63, 3.8) is 0 Å². The molecule has 1 aliphatic heterocycles. The number of rotatable bonds is 6. The lowest BCUT2D eigenvalue weighted by atomic mass is 9.98. The van der Waals surface area contributed by atoms with Gasteiger partial charge in [0.2, 0.25) is 5.91 Å². The number of nitrogens with one attached hydrogen (secondary N) is 2. The maximum absolute atomic E-state index is 11.7. The summed E-state index contributed by atoms with van der Waals surface area (Å²) in [6, 6.07) is -0.762. The second-order valence-electron chi connectivity index (χ2n) is 4.83. The second kappa shape index (κ2) is 6.59. The number of carboxylic acids is 1. The van der Waals surface area contributed by atoms with Gasteiger partial charge in [0.1, 0.15) is 6.04 Å². The zero-order valence-corrected chi connectivity index (χ0v) is 10.5. The van der Waals surface area contributed by atoms with Gasteiger partial charge in [0.05, 0.1) is 0 Å². The van der Waals surface area contributed by atoms with E-state index in [1.807, 2.05) is 13.8 Å². The normalized spacial score (nSPS) is 23.1. The quantitative estimate of drug-likeness (QED) is 0.637. The van der Waals surface area contributed by atoms with Crippen molar-refractivity contribution < 1.29 is 14.7 Å². The minimum atomic E-state index is -0.947. The van der Waals surface area contributed by atoms with Gasteiger partial charge >= 0.3 is 5.97 Å². The minimum Gasteiger partial charge on any atom is -0.480 e. The van der Waals surface area contributed by atoms with E-state index in [0.29, 0.717) is 12.3 Å². The number of hydrogen-bond acceptors (Lipinski definition) is 3. The summed E-state index contributed by atoms with van der Waals surface area (Å²) in [5.41, 5.74) is 0. The van der Waals surface area contributed by atoms with E-state index in [1.165, 1.54) is 0 Å². The molecule has 5 heteroatoms. The van der Waals surface area contributed by atoms with Crippen molar-refractivity contribution in [3.05, 3.63) is 0 Å². The highest BCUT2D eigenvalue weighted by Crippen LogP contribution is 2.13. The van der Waals surface area contributed by atoms with Crippen LogP contribution >= 0.6 is 0 Å². The summed E-state index contributed by atoms with van der Waals surface area (Å²) >= 11 is 0. The highest BCUT2D eigenvalue weighted by molar-refractivity contribution is 5.83. The Balaban J connectivity index is 2.43. The van der Waals surface area contributed by atoms with Gasteiger partial charge in [-0.15, -0.1) is 0 Å². The van der Waals surface area contributed by atoms with E-state index in [1.54, 1.807) is 0 Å². The van der Waals surface area contributed by atoms with Gasteiger partial charge in [-0.1, -0.05) is 20.3 Å². The van der Waals surface area contributed by atoms with E-state index in [4.69, 9.17) is 5.11 Å². The summed E-state index contributed by atoms with van der Waals surface area (Å²) in [6.45, 7) is 5.57. The van der Waals surface area contributed by atoms with Crippen LogP contribution in [0.3, 0.4) is 0 Å². The molecule has 0 aromatic carbocycles. The van der Waals surface area contributed by atoms with Crippen molar-refractivity contribution in [3.8, 4) is 0 Å². The maximum atomic E-state index is 11.7. The van der Waals surface area contributed by atoms with Crippen LogP contribution in [-0.4, -0.2) is 36.1 Å². The summed E-state index contributed by atoms with van der Waals surface area (Å²) in [5.74, 6) is -0.789. The molecule has 3 atom stereocenters. The zero-order valence-electron chi connectivity index (χ0n) is 10.5. The van der Waals surface area contributed by atoms with Crippen LogP contribution in [0.2, 0.25) is 0 Å². The van der Waals surface area contributed by atoms with E-state index in [-0.39, 0.29) is 11.8 Å². The first-order valence-corrected chi connectivity index (χ1v) is 6.27. The smallest absolute Gasteiger partial charge is 0.326 e. The van der Waals surface area contributed by atoms with Gasteiger partial charge in [-0.3, -0.25) is 4.79 Å². The van der Waals surface area contributed by atoms with Gasteiger partial charge in [-0.05, 0) is 31.3 Å². The summed E-state index contributed by atoms with van der Waals surface area (Å²) in [6.07, 6.45) is 2.16. The average Bonchev–Trinajstić information content (AvgIpc) is 2.77. The largest absolute Gasteiger partial charge is 0.480 e. The van der Waals surface area contributed by atoms with Gasteiger partial charge in [-0.25, -0.2) is 4.79 Å². The Morgan fingerprint density at radius 3 is 2.71 bits per heavy atom. The Kier molecular flexibility index (Phi) is 5.41. The van der Waals surface area contributed by atoms with E-state index < -0.39 is 12.0 Å². The van der Waals surface area contributed by atoms with Crippen LogP contribution in [0.15, 0.2) is 0 Å². The van der Waals surface area contributed by atoms with E-state index in [9.17, 15) is 9.59 Å². The summed E-state index contributed by atoms with van der Waals surface area (Å²) in [5, 5.41) is 14.9. The lowest BCUT2D eigenvalue weighted by Gasteiger charge is -2.20. The fourth-order valence-electron chi connectivity index (χ4n) is 2.07. The molecular weight excluding hydrogens is 220 g/mol. The molecule has 5 nitrogen and oxygen atoms in total. The Labute approximate surface area is 102 Å². The summed E-state index contributed by atoms with van der Waals surface area (Å²) < 4.78 is 0. The fourth-order valence-corrected chi connectivity index (χ4v) is 2.07. The van der Waals surface area contributed by atoms with Gasteiger partial charge in [0.25, 0.3) is 0 Å². The van der Waals surface area contributed by atoms with Crippen LogP contribution in [0.1, 0.15) is 33.1 Å². The van der Waals surface area contributed by atoms with Crippen molar-refractivity contribution in [1.82, 2.24) is 10.6 Å². The van der Waals surface area contributed by atoms with Gasteiger partial charge in [0, 0.05) is 6.42 Å². The van der Waals surface area contributed by atoms with E-state index in [0.717, 1.165) is 25.9 Å². The molecule has 1 aliphatic rings. The topological polar surface area (TPSA) is 78.4 Å². The molecule has 3 N–H and O–H groups in total. The molecular formula is C12H22N2O3. The number of hydrogen-bond donors (Lipinski definition) is 3. The Hall–Kier alpha value is -1.10. The average molecular weight is 242 g/mol. The van der Waals surface area contributed by atoms with Crippen molar-refractivity contribution in [2.75, 3.05) is 13.1 Å². The predicted octanol–water partition coefficient (Wildman–Crippen LogP) is 0.602. The van der Waals surface area contributed by atoms with Crippen LogP contribution in [0, 0.1) is 11.8 Å². The third-order valence-electron chi connectivity index (χ3n) is 3.43. The van der Waals surface area contributed by atoms with Crippen molar-refractivity contribution in [2.24, 2.45) is 11.8 Å². The third kappa shape index (κ3) is 4.34. The first kappa shape index (κ1) is 14.0. The van der Waals surface area contributed by atoms with Crippen LogP contribution in [0.25, 0.3) is 0 Å². The Bertz CT molecular complexity index is 275. The molecule has 1 fully saturated rings. The van der Waals surface area contributed by atoms with Crippen LogP contribution in [0.4, 0.5) is 0 Å². The van der Waals surface area contributed by atoms with Crippen LogP contribution in [0.5, 0.6) is 0 Å². The zero-order chi connectivity index (χ0) is 12.8. The van der Waals surface area contributed by atoms with Crippen molar-refractivity contribution in [1.29, 1.82) is 0 Å². The first-order chi connectivity index (χ1) is 8.04. The standard InChI is InChI=1S/C12H22N2O3/c1-3-8(2)11(12(16)17)14-10(15)6-9-4-5-13-7-9/h8-9,11,13H,3-7H2,1-2H3,(H,14,15)(H,16,17)/t8?,9?,11-/m0/s1. The van der Waals surface area contributed by atoms with Crippen molar-refractivity contribution in [2.45, 2.75) is 39.2 Å². The molecule has 0 aromatic rings. The monoisotopic (exact) mass is 242 g/mol. The molecule has 98 valence electrons. The molecule has 1 amide bonds. The molecule has 0 aromatic heterocycles. The molecule has 1 heterocycles. The molecule has 0 radical (unpaired) electrons. The van der Waals surface area contributed by atoms with Gasteiger partial charge in [-0.2, -0.15) is 0 Å². The number of amides is 1. The molecule has 17 heavy (non-hydrogen) atoms. The summed E-state index contributed by atoms with van der Waals surface area (Å²) in [7, 11) is 0. The molecule has 0 bridgehead atoms. The number of carboxylic acid groups (broad SMARTS) is 1. The van der Waals surface area contributed by atoms with Crippen molar-refractivity contribution >= 4 is 11.9 Å². The van der Waals surface area contributed by atoms with Gasteiger partial charge in [0.15, 0.2) is 0 Å². The number of aliphatic carboxylic acids is 1. The fraction of sp³-hybridized carbons (Fsp3) is 0.833.